The molecule has 0 unspecified atom stereocenters. The minimum Gasteiger partial charge on any atom is -0.507 e. The molecule has 1 saturated heterocycles. The molecule has 1 fully saturated rings. The van der Waals surface area contributed by atoms with Gasteiger partial charge < -0.3 is 9.52 Å². The van der Waals surface area contributed by atoms with E-state index in [1.54, 1.807) is 19.1 Å². The van der Waals surface area contributed by atoms with Gasteiger partial charge in [-0.3, -0.25) is 4.90 Å². The molecular weight excluding hydrogens is 278 g/mol. The van der Waals surface area contributed by atoms with Gasteiger partial charge in [0.25, 0.3) is 0 Å². The van der Waals surface area contributed by atoms with Crippen molar-refractivity contribution in [3.63, 3.8) is 0 Å². The maximum Gasteiger partial charge on any atom is 0.355 e. The van der Waals surface area contributed by atoms with Crippen molar-refractivity contribution in [1.82, 2.24) is 4.90 Å². The normalized spacial score (nSPS) is 16.1. The fourth-order valence-corrected chi connectivity index (χ4v) is 2.90. The van der Waals surface area contributed by atoms with Gasteiger partial charge in [0.2, 0.25) is 0 Å². The van der Waals surface area contributed by atoms with Crippen LogP contribution >= 0.6 is 11.6 Å². The molecule has 1 aliphatic rings. The van der Waals surface area contributed by atoms with Crippen molar-refractivity contribution in [2.24, 2.45) is 0 Å². The molecule has 3 rings (SSSR count). The number of hydrogen-bond acceptors (Lipinski definition) is 4. The lowest BCUT2D eigenvalue weighted by atomic mass is 10.1. The van der Waals surface area contributed by atoms with Crippen molar-refractivity contribution in [3.8, 4) is 5.75 Å². The zero-order valence-corrected chi connectivity index (χ0v) is 12.0. The number of aryl methyl sites for hydroxylation is 1. The van der Waals surface area contributed by atoms with Gasteiger partial charge in [0.05, 0.1) is 5.56 Å². The Labute approximate surface area is 121 Å². The first-order chi connectivity index (χ1) is 9.58. The fourth-order valence-electron chi connectivity index (χ4n) is 2.76. The van der Waals surface area contributed by atoms with Crippen molar-refractivity contribution in [3.05, 3.63) is 38.7 Å². The van der Waals surface area contributed by atoms with Gasteiger partial charge >= 0.3 is 5.63 Å². The van der Waals surface area contributed by atoms with E-state index in [2.05, 4.69) is 4.90 Å². The molecule has 1 aromatic heterocycles. The number of benzene rings is 1. The third-order valence-corrected chi connectivity index (χ3v) is 4.36. The average Bonchev–Trinajstić information content (AvgIpc) is 2.93. The quantitative estimate of drug-likeness (QED) is 0.865. The fraction of sp³-hybridized carbons (Fsp3) is 0.400. The standard InChI is InChI=1S/C15H16ClNO3/c1-9-10-4-5-12(18)11(8-17-6-2-3-7-17)14(10)20-15(19)13(9)16/h4-5,18H,2-3,6-8H2,1H3. The van der Waals surface area contributed by atoms with Crippen molar-refractivity contribution < 1.29 is 9.52 Å². The van der Waals surface area contributed by atoms with Gasteiger partial charge in [-0.15, -0.1) is 0 Å². The summed E-state index contributed by atoms with van der Waals surface area (Å²) in [7, 11) is 0. The minimum atomic E-state index is -0.551. The Morgan fingerprint density at radius 2 is 2.05 bits per heavy atom. The highest BCUT2D eigenvalue weighted by atomic mass is 35.5. The molecule has 0 atom stereocenters. The van der Waals surface area contributed by atoms with Crippen LogP contribution in [0.4, 0.5) is 0 Å². The number of rotatable bonds is 2. The van der Waals surface area contributed by atoms with E-state index in [1.165, 1.54) is 12.8 Å². The number of phenols is 1. The molecule has 2 aromatic rings. The molecule has 5 heteroatoms. The summed E-state index contributed by atoms with van der Waals surface area (Å²) in [4.78, 5) is 14.0. The predicted octanol–water partition coefficient (Wildman–Crippen LogP) is 3.06. The Morgan fingerprint density at radius 3 is 2.75 bits per heavy atom. The van der Waals surface area contributed by atoms with Crippen LogP contribution < -0.4 is 5.63 Å². The van der Waals surface area contributed by atoms with E-state index in [-0.39, 0.29) is 10.8 Å². The monoisotopic (exact) mass is 293 g/mol. The van der Waals surface area contributed by atoms with E-state index < -0.39 is 5.63 Å². The molecule has 0 radical (unpaired) electrons. The van der Waals surface area contributed by atoms with Gasteiger partial charge in [-0.05, 0) is 50.6 Å². The van der Waals surface area contributed by atoms with Crippen molar-refractivity contribution in [1.29, 1.82) is 0 Å². The largest absolute Gasteiger partial charge is 0.507 e. The summed E-state index contributed by atoms with van der Waals surface area (Å²) in [5.41, 5.74) is 1.26. The number of hydrogen-bond donors (Lipinski definition) is 1. The lowest BCUT2D eigenvalue weighted by Crippen LogP contribution is -2.19. The minimum absolute atomic E-state index is 0.107. The van der Waals surface area contributed by atoms with E-state index in [4.69, 9.17) is 16.0 Å². The summed E-state index contributed by atoms with van der Waals surface area (Å²) in [6.45, 7) is 4.39. The van der Waals surface area contributed by atoms with E-state index >= 15 is 0 Å². The molecule has 2 heterocycles. The molecule has 0 aliphatic carbocycles. The second-order valence-electron chi connectivity index (χ2n) is 5.25. The molecule has 4 nitrogen and oxygen atoms in total. The number of nitrogens with zero attached hydrogens (tertiary/aromatic N) is 1. The Kier molecular flexibility index (Phi) is 3.44. The predicted molar refractivity (Wildman–Crippen MR) is 78.4 cm³/mol. The highest BCUT2D eigenvalue weighted by Crippen LogP contribution is 2.32. The summed E-state index contributed by atoms with van der Waals surface area (Å²) in [6, 6.07) is 3.37. The smallest absolute Gasteiger partial charge is 0.355 e. The second-order valence-corrected chi connectivity index (χ2v) is 5.63. The third-order valence-electron chi connectivity index (χ3n) is 3.92. The molecule has 1 aromatic carbocycles. The van der Waals surface area contributed by atoms with Crippen LogP contribution in [-0.2, 0) is 6.54 Å². The number of phenolic OH excluding ortho intramolecular Hbond substituents is 1. The molecule has 1 N–H and O–H groups in total. The van der Waals surface area contributed by atoms with E-state index in [0.717, 1.165) is 18.5 Å². The molecule has 0 bridgehead atoms. The summed E-state index contributed by atoms with van der Waals surface area (Å²) in [5, 5.41) is 11.0. The maximum absolute atomic E-state index is 11.8. The number of fused-ring (bicyclic) bond motifs is 1. The van der Waals surface area contributed by atoms with Crippen molar-refractivity contribution in [2.75, 3.05) is 13.1 Å². The van der Waals surface area contributed by atoms with Crippen LogP contribution in [0.25, 0.3) is 11.0 Å². The first kappa shape index (κ1) is 13.5. The molecule has 0 saturated carbocycles. The lowest BCUT2D eigenvalue weighted by Gasteiger charge is -2.17. The molecule has 0 spiro atoms. The first-order valence-electron chi connectivity index (χ1n) is 6.74. The topological polar surface area (TPSA) is 53.7 Å². The first-order valence-corrected chi connectivity index (χ1v) is 7.12. The van der Waals surface area contributed by atoms with Crippen LogP contribution in [0.2, 0.25) is 5.02 Å². The van der Waals surface area contributed by atoms with E-state index in [9.17, 15) is 9.90 Å². The molecular formula is C15H16ClNO3. The third kappa shape index (κ3) is 2.19. The summed E-state index contributed by atoms with van der Waals surface area (Å²) < 4.78 is 5.32. The molecule has 20 heavy (non-hydrogen) atoms. The van der Waals surface area contributed by atoms with Gasteiger partial charge in [0.1, 0.15) is 16.4 Å². The average molecular weight is 294 g/mol. The highest BCUT2D eigenvalue weighted by Gasteiger charge is 2.19. The second kappa shape index (κ2) is 5.11. The Hall–Kier alpha value is -1.52. The maximum atomic E-state index is 11.8. The van der Waals surface area contributed by atoms with Gasteiger partial charge in [-0.25, -0.2) is 4.79 Å². The zero-order valence-electron chi connectivity index (χ0n) is 11.3. The summed E-state index contributed by atoms with van der Waals surface area (Å²) >= 11 is 5.94. The van der Waals surface area contributed by atoms with Gasteiger partial charge in [0.15, 0.2) is 0 Å². The number of aromatic hydroxyl groups is 1. The lowest BCUT2D eigenvalue weighted by molar-refractivity contribution is 0.323. The van der Waals surface area contributed by atoms with Crippen LogP contribution in [0.5, 0.6) is 5.75 Å². The number of likely N-dealkylation sites (tertiary alicyclic amines) is 1. The van der Waals surface area contributed by atoms with Gasteiger partial charge in [0, 0.05) is 11.9 Å². The van der Waals surface area contributed by atoms with Crippen LogP contribution in [-0.4, -0.2) is 23.1 Å². The van der Waals surface area contributed by atoms with Crippen LogP contribution in [0.15, 0.2) is 21.3 Å². The van der Waals surface area contributed by atoms with Gasteiger partial charge in [-0.2, -0.15) is 0 Å². The van der Waals surface area contributed by atoms with Crippen LogP contribution in [0.3, 0.4) is 0 Å². The van der Waals surface area contributed by atoms with E-state index in [0.29, 0.717) is 23.3 Å². The summed E-state index contributed by atoms with van der Waals surface area (Å²) in [6.07, 6.45) is 2.33. The summed E-state index contributed by atoms with van der Waals surface area (Å²) in [5.74, 6) is 0.161. The highest BCUT2D eigenvalue weighted by molar-refractivity contribution is 6.31. The zero-order chi connectivity index (χ0) is 14.3. The van der Waals surface area contributed by atoms with Gasteiger partial charge in [-0.1, -0.05) is 11.6 Å². The van der Waals surface area contributed by atoms with Crippen molar-refractivity contribution in [2.45, 2.75) is 26.3 Å². The van der Waals surface area contributed by atoms with Crippen molar-refractivity contribution >= 4 is 22.6 Å². The number of halogens is 1. The molecule has 106 valence electrons. The van der Waals surface area contributed by atoms with Crippen LogP contribution in [0.1, 0.15) is 24.0 Å². The molecule has 0 amide bonds. The Balaban J connectivity index is 2.19. The van der Waals surface area contributed by atoms with E-state index in [1.807, 2.05) is 0 Å². The molecule has 1 aliphatic heterocycles. The SMILES string of the molecule is Cc1c(Cl)c(=O)oc2c(CN3CCCC3)c(O)ccc12. The Bertz CT molecular complexity index is 717. The Morgan fingerprint density at radius 1 is 1.35 bits per heavy atom. The van der Waals surface area contributed by atoms with Crippen LogP contribution in [0, 0.1) is 6.92 Å².